The molecule has 1 saturated heterocycles. The minimum absolute atomic E-state index is 0.0545. The lowest BCUT2D eigenvalue weighted by Crippen LogP contribution is -2.47. The summed E-state index contributed by atoms with van der Waals surface area (Å²) in [6.07, 6.45) is 59.5. The molecule has 0 saturated carbocycles. The maximum atomic E-state index is 13.1. The van der Waals surface area contributed by atoms with E-state index in [1.807, 2.05) is 21.6 Å². The highest BCUT2D eigenvalue weighted by Gasteiger charge is 2.23. The molecule has 85 heavy (non-hydrogen) atoms. The molecule has 1 rings (SSSR count). The van der Waals surface area contributed by atoms with E-state index in [2.05, 4.69) is 78.5 Å². The van der Waals surface area contributed by atoms with Gasteiger partial charge in [-0.3, -0.25) is 24.4 Å². The SMILES string of the molecule is CCCCCCCC/C=C\CCCCCC[C@@H](O)CN(C[C@H](O)CCCCCC/C=C\CCCCCCCC)C(C)CCC(=O)OCCN1CCN(CCSSCCCCN(CC(O)CCCCCCCC)CC(O)CCCCCCCC)CC1. The molecular formula is C73H144N4O6S2. The molecule has 0 aromatic rings. The standard InChI is InChI=1S/C73H144N4O6S2/c1-6-10-14-18-22-24-26-28-30-32-34-36-40-44-50-71(80)66-77(67-72(81)51-45-41-37-35-33-31-29-27-25-23-19-15-11-7-2)68(5)52-53-73(82)83-61-59-74-55-57-75(58-56-74)60-63-85-84-62-47-46-54-76(64-69(78)48-42-38-20-16-12-8-3)65-70(79)49-43-39-21-17-13-9-4/h28-31,68-72,78-81H,6-27,32-67H2,1-5H3/b30-28-,31-29-/t68?,69?,70?,71-,72-/m1/s1. The number of esters is 1. The predicted octanol–water partition coefficient (Wildman–Crippen LogP) is 18.3. The van der Waals surface area contributed by atoms with Crippen LogP contribution in [-0.2, 0) is 9.53 Å². The van der Waals surface area contributed by atoms with Gasteiger partial charge in [-0.15, -0.1) is 0 Å². The first kappa shape index (κ1) is 82.3. The number of unbranched alkanes of at least 4 members (excludes halogenated alkanes) is 31. The van der Waals surface area contributed by atoms with Gasteiger partial charge >= 0.3 is 5.97 Å². The average molecular weight is 1240 g/mol. The molecule has 1 aliphatic rings. The third-order valence-electron chi connectivity index (χ3n) is 17.8. The molecule has 0 aromatic heterocycles. The highest BCUT2D eigenvalue weighted by atomic mass is 33.1. The summed E-state index contributed by atoms with van der Waals surface area (Å²) in [6.45, 7) is 20.9. The van der Waals surface area contributed by atoms with E-state index in [9.17, 15) is 25.2 Å². The Kier molecular flexibility index (Phi) is 61.5. The van der Waals surface area contributed by atoms with Crippen molar-refractivity contribution in [2.75, 3.05) is 90.1 Å². The van der Waals surface area contributed by atoms with Crippen molar-refractivity contribution in [1.82, 2.24) is 19.6 Å². The summed E-state index contributed by atoms with van der Waals surface area (Å²) in [5.41, 5.74) is 0. The number of hydrogen-bond donors (Lipinski definition) is 4. The van der Waals surface area contributed by atoms with Crippen molar-refractivity contribution in [3.05, 3.63) is 24.3 Å². The smallest absolute Gasteiger partial charge is 0.305 e. The molecule has 4 N–H and O–H groups in total. The van der Waals surface area contributed by atoms with E-state index >= 15 is 0 Å². The van der Waals surface area contributed by atoms with Gasteiger partial charge in [0.15, 0.2) is 0 Å². The highest BCUT2D eigenvalue weighted by Crippen LogP contribution is 2.24. The molecule has 12 heteroatoms. The predicted molar refractivity (Wildman–Crippen MR) is 374 cm³/mol. The summed E-state index contributed by atoms with van der Waals surface area (Å²) < 4.78 is 5.80. The van der Waals surface area contributed by atoms with E-state index < -0.39 is 12.2 Å². The van der Waals surface area contributed by atoms with E-state index in [1.165, 1.54) is 180 Å². The molecule has 1 heterocycles. The van der Waals surface area contributed by atoms with Crippen LogP contribution in [0.25, 0.3) is 0 Å². The molecule has 0 spiro atoms. The monoisotopic (exact) mass is 1240 g/mol. The Morgan fingerprint density at radius 3 is 1.16 bits per heavy atom. The summed E-state index contributed by atoms with van der Waals surface area (Å²) in [6, 6.07) is 0.0545. The Bertz CT molecular complexity index is 1370. The lowest BCUT2D eigenvalue weighted by Gasteiger charge is -2.34. The topological polar surface area (TPSA) is 120 Å². The Hall–Kier alpha value is -0.670. The zero-order chi connectivity index (χ0) is 61.7. The number of nitrogens with zero attached hydrogens (tertiary/aromatic N) is 4. The molecule has 0 radical (unpaired) electrons. The Balaban J connectivity index is 2.43. The van der Waals surface area contributed by atoms with Crippen LogP contribution in [0.2, 0.25) is 0 Å². The molecule has 3 unspecified atom stereocenters. The highest BCUT2D eigenvalue weighted by molar-refractivity contribution is 8.76. The third-order valence-corrected chi connectivity index (χ3v) is 20.2. The van der Waals surface area contributed by atoms with Gasteiger partial charge in [0.2, 0.25) is 0 Å². The molecular weight excluding hydrogens is 1090 g/mol. The van der Waals surface area contributed by atoms with E-state index in [0.29, 0.717) is 45.6 Å². The van der Waals surface area contributed by atoms with Gasteiger partial charge in [-0.2, -0.15) is 0 Å². The normalized spacial score (nSPS) is 15.5. The minimum atomic E-state index is -0.443. The first-order valence-electron chi connectivity index (χ1n) is 36.9. The van der Waals surface area contributed by atoms with Crippen LogP contribution < -0.4 is 0 Å². The number of carbonyl (C=O) groups is 1. The van der Waals surface area contributed by atoms with Crippen LogP contribution in [0.15, 0.2) is 24.3 Å². The Labute approximate surface area is 536 Å². The number of allylic oxidation sites excluding steroid dienone is 4. The average Bonchev–Trinajstić information content (AvgIpc) is 3.59. The van der Waals surface area contributed by atoms with Gasteiger partial charge in [-0.1, -0.05) is 253 Å². The number of aliphatic hydroxyl groups is 4. The fourth-order valence-corrected chi connectivity index (χ4v) is 14.1. The van der Waals surface area contributed by atoms with Gasteiger partial charge in [0.25, 0.3) is 0 Å². The Morgan fingerprint density at radius 1 is 0.424 bits per heavy atom. The van der Waals surface area contributed by atoms with Crippen molar-refractivity contribution >= 4 is 27.6 Å². The minimum Gasteiger partial charge on any atom is -0.464 e. The maximum Gasteiger partial charge on any atom is 0.305 e. The van der Waals surface area contributed by atoms with Crippen LogP contribution in [0, 0.1) is 0 Å². The molecule has 5 atom stereocenters. The van der Waals surface area contributed by atoms with Crippen LogP contribution in [0.5, 0.6) is 0 Å². The quantitative estimate of drug-likeness (QED) is 0.0201. The van der Waals surface area contributed by atoms with E-state index in [0.717, 1.165) is 147 Å². The van der Waals surface area contributed by atoms with Crippen molar-refractivity contribution in [3.63, 3.8) is 0 Å². The van der Waals surface area contributed by atoms with Gasteiger partial charge < -0.3 is 25.2 Å². The van der Waals surface area contributed by atoms with Crippen molar-refractivity contribution in [3.8, 4) is 0 Å². The first-order chi connectivity index (χ1) is 41.6. The number of ether oxygens (including phenoxy) is 1. The van der Waals surface area contributed by atoms with E-state index in [4.69, 9.17) is 4.74 Å². The van der Waals surface area contributed by atoms with Crippen LogP contribution >= 0.6 is 21.6 Å². The number of piperazine rings is 1. The van der Waals surface area contributed by atoms with Crippen LogP contribution in [0.4, 0.5) is 0 Å². The largest absolute Gasteiger partial charge is 0.464 e. The number of aliphatic hydroxyl groups excluding tert-OH is 4. The molecule has 0 bridgehead atoms. The zero-order valence-electron chi connectivity index (χ0n) is 56.9. The number of carbonyl (C=O) groups excluding carboxylic acids is 1. The fraction of sp³-hybridized carbons (Fsp3) is 0.932. The molecule has 0 aliphatic carbocycles. The first-order valence-corrected chi connectivity index (χ1v) is 39.4. The van der Waals surface area contributed by atoms with Crippen molar-refractivity contribution in [2.24, 2.45) is 0 Å². The number of hydrogen-bond acceptors (Lipinski definition) is 12. The van der Waals surface area contributed by atoms with Crippen LogP contribution in [-0.4, -0.2) is 167 Å². The molecule has 10 nitrogen and oxygen atoms in total. The zero-order valence-corrected chi connectivity index (χ0v) is 58.6. The molecule has 504 valence electrons. The lowest BCUT2D eigenvalue weighted by atomic mass is 10.0. The molecule has 0 amide bonds. The molecule has 0 aromatic carbocycles. The second kappa shape index (κ2) is 63.5. The van der Waals surface area contributed by atoms with Crippen LogP contribution in [0.3, 0.4) is 0 Å². The van der Waals surface area contributed by atoms with E-state index in [1.54, 1.807) is 0 Å². The summed E-state index contributed by atoms with van der Waals surface area (Å²) in [5, 5.41) is 44.4. The van der Waals surface area contributed by atoms with Gasteiger partial charge in [-0.25, -0.2) is 0 Å². The Morgan fingerprint density at radius 2 is 0.765 bits per heavy atom. The van der Waals surface area contributed by atoms with E-state index in [-0.39, 0.29) is 24.2 Å². The summed E-state index contributed by atoms with van der Waals surface area (Å²) in [4.78, 5) is 22.7. The van der Waals surface area contributed by atoms with Crippen molar-refractivity contribution < 1.29 is 30.0 Å². The third kappa shape index (κ3) is 55.9. The summed E-state index contributed by atoms with van der Waals surface area (Å²) in [5.74, 6) is 2.10. The van der Waals surface area contributed by atoms with Crippen LogP contribution in [0.1, 0.15) is 317 Å². The number of rotatable bonds is 66. The lowest BCUT2D eigenvalue weighted by molar-refractivity contribution is -0.144. The molecule has 1 fully saturated rings. The van der Waals surface area contributed by atoms with Gasteiger partial charge in [0.1, 0.15) is 6.61 Å². The molecule has 1 aliphatic heterocycles. The summed E-state index contributed by atoms with van der Waals surface area (Å²) in [7, 11) is 3.98. The van der Waals surface area contributed by atoms with Gasteiger partial charge in [0, 0.05) is 89.4 Å². The maximum absolute atomic E-state index is 13.1. The summed E-state index contributed by atoms with van der Waals surface area (Å²) >= 11 is 0. The second-order valence-corrected chi connectivity index (χ2v) is 28.8. The van der Waals surface area contributed by atoms with Gasteiger partial charge in [-0.05, 0) is 110 Å². The fourth-order valence-electron chi connectivity index (χ4n) is 11.9. The van der Waals surface area contributed by atoms with Crippen molar-refractivity contribution in [1.29, 1.82) is 0 Å². The second-order valence-electron chi connectivity index (χ2n) is 26.1. The van der Waals surface area contributed by atoms with Crippen molar-refractivity contribution in [2.45, 2.75) is 348 Å². The van der Waals surface area contributed by atoms with Gasteiger partial charge in [0.05, 0.1) is 24.4 Å².